The summed E-state index contributed by atoms with van der Waals surface area (Å²) in [5, 5.41) is 7.92. The Labute approximate surface area is 222 Å². The van der Waals surface area contributed by atoms with Crippen molar-refractivity contribution in [2.75, 3.05) is 20.3 Å². The van der Waals surface area contributed by atoms with Crippen molar-refractivity contribution in [2.24, 2.45) is 11.5 Å². The van der Waals surface area contributed by atoms with Crippen molar-refractivity contribution < 1.29 is 33.6 Å². The average Bonchev–Trinajstić information content (AvgIpc) is 2.88. The maximum Gasteiger partial charge on any atom is 0.338 e. The molecular formula is C26H39N6O6+. The van der Waals surface area contributed by atoms with Gasteiger partial charge >= 0.3 is 11.9 Å². The topological polar surface area (TPSA) is 189 Å². The maximum atomic E-state index is 13.2. The molecular weight excluding hydrogens is 492 g/mol. The minimum atomic E-state index is -1.02. The van der Waals surface area contributed by atoms with Gasteiger partial charge in [0.1, 0.15) is 30.5 Å². The zero-order valence-electron chi connectivity index (χ0n) is 22.0. The van der Waals surface area contributed by atoms with Crippen LogP contribution in [-0.2, 0) is 30.3 Å². The molecule has 8 N–H and O–H groups in total. The first-order chi connectivity index (χ1) is 18.1. The highest BCUT2D eigenvalue weighted by atomic mass is 16.5. The zero-order chi connectivity index (χ0) is 28.5. The van der Waals surface area contributed by atoms with Crippen LogP contribution in [0.5, 0.6) is 5.75 Å². The van der Waals surface area contributed by atoms with Crippen LogP contribution in [0, 0.1) is 0 Å². The van der Waals surface area contributed by atoms with Gasteiger partial charge in [0.15, 0.2) is 0 Å². The lowest BCUT2D eigenvalue weighted by atomic mass is 10.0. The molecule has 0 aliphatic heterocycles. The van der Waals surface area contributed by atoms with E-state index in [0.717, 1.165) is 5.56 Å². The Morgan fingerprint density at radius 2 is 1.61 bits per heavy atom. The van der Waals surface area contributed by atoms with E-state index in [4.69, 9.17) is 20.9 Å². The molecule has 0 heterocycles. The molecule has 12 heteroatoms. The van der Waals surface area contributed by atoms with Crippen LogP contribution >= 0.6 is 0 Å². The van der Waals surface area contributed by atoms with Gasteiger partial charge < -0.3 is 25.4 Å². The van der Waals surface area contributed by atoms with Crippen LogP contribution in [0.4, 0.5) is 0 Å². The average molecular weight is 532 g/mol. The van der Waals surface area contributed by atoms with Crippen molar-refractivity contribution in [2.45, 2.75) is 50.7 Å². The Balaban J connectivity index is 3.06. The lowest BCUT2D eigenvalue weighted by Crippen LogP contribution is -2.78. The number of nitrogens with two attached hydrogens (primary N) is 2. The number of methoxy groups -OCH3 is 1. The van der Waals surface area contributed by atoms with Crippen molar-refractivity contribution >= 4 is 29.7 Å². The first-order valence-corrected chi connectivity index (χ1v) is 12.1. The van der Waals surface area contributed by atoms with E-state index in [0.29, 0.717) is 25.3 Å². The summed E-state index contributed by atoms with van der Waals surface area (Å²) in [7, 11) is 1.21. The van der Waals surface area contributed by atoms with Crippen LogP contribution < -0.4 is 37.1 Å². The first kappa shape index (κ1) is 31.7. The van der Waals surface area contributed by atoms with E-state index in [1.165, 1.54) is 20.1 Å². The number of esters is 1. The van der Waals surface area contributed by atoms with Gasteiger partial charge in [0, 0.05) is 13.3 Å². The van der Waals surface area contributed by atoms with E-state index in [1.54, 1.807) is 30.3 Å². The number of hydrogen-bond acceptors (Lipinski definition) is 6. The van der Waals surface area contributed by atoms with Gasteiger partial charge in [0.2, 0.25) is 17.7 Å². The van der Waals surface area contributed by atoms with Gasteiger partial charge in [-0.05, 0) is 37.0 Å². The minimum Gasteiger partial charge on any atom is -0.490 e. The summed E-state index contributed by atoms with van der Waals surface area (Å²) in [6.45, 7) is 9.20. The van der Waals surface area contributed by atoms with Gasteiger partial charge in [-0.15, -0.1) is 6.58 Å². The number of ether oxygens (including phenoxy) is 2. The lowest BCUT2D eigenvalue weighted by Gasteiger charge is -2.24. The number of guanidine groups is 1. The number of hydrogen-bond donors (Lipinski definition) is 6. The summed E-state index contributed by atoms with van der Waals surface area (Å²) < 4.78 is 10.2. The highest BCUT2D eigenvalue weighted by Gasteiger charge is 2.29. The molecule has 3 amide bonds. The second-order valence-electron chi connectivity index (χ2n) is 8.40. The Kier molecular flexibility index (Phi) is 14.3. The molecule has 0 fully saturated rings. The van der Waals surface area contributed by atoms with E-state index < -0.39 is 41.8 Å². The minimum absolute atomic E-state index is 0.0263. The Morgan fingerprint density at radius 1 is 0.974 bits per heavy atom. The van der Waals surface area contributed by atoms with Crippen molar-refractivity contribution in [3.63, 3.8) is 0 Å². The van der Waals surface area contributed by atoms with E-state index in [9.17, 15) is 19.2 Å². The number of benzene rings is 1. The van der Waals surface area contributed by atoms with Crippen LogP contribution in [0.2, 0.25) is 0 Å². The van der Waals surface area contributed by atoms with Gasteiger partial charge in [0.25, 0.3) is 0 Å². The predicted molar refractivity (Wildman–Crippen MR) is 143 cm³/mol. The largest absolute Gasteiger partial charge is 0.490 e. The second kappa shape index (κ2) is 17.2. The third kappa shape index (κ3) is 12.1. The Bertz CT molecular complexity index is 990. The molecule has 208 valence electrons. The molecule has 12 nitrogen and oxygen atoms in total. The number of nitrogens with one attached hydrogen (secondary N) is 4. The molecule has 1 aromatic rings. The van der Waals surface area contributed by atoms with Crippen molar-refractivity contribution in [1.82, 2.24) is 16.0 Å². The summed E-state index contributed by atoms with van der Waals surface area (Å²) in [6.07, 6.45) is 4.02. The highest BCUT2D eigenvalue weighted by molar-refractivity contribution is 5.93. The Morgan fingerprint density at radius 3 is 2.16 bits per heavy atom. The fourth-order valence-electron chi connectivity index (χ4n) is 3.44. The molecule has 0 spiro atoms. The Hall–Kier alpha value is -4.35. The number of carbonyl (C=O) groups is 4. The molecule has 0 unspecified atom stereocenters. The van der Waals surface area contributed by atoms with Gasteiger partial charge in [-0.3, -0.25) is 30.8 Å². The summed E-state index contributed by atoms with van der Waals surface area (Å²) in [6, 6.07) is 4.10. The van der Waals surface area contributed by atoms with Crippen molar-refractivity contribution in [1.29, 1.82) is 0 Å². The standard InChI is InChI=1S/C26H38N6O6/c1-5-8-21(25(36)37-4)32-23(34)20(9-7-14-29-26(27)28)31-24(35)22(30-17(3)33)16-18-10-12-19(13-11-18)38-15-6-2/h5-6,10-13,20-22H,1-2,7-9,14-16H2,3-4H3,(H,30,33)(H,31,35)(H,32,34)(H4,27,28,29)/p+1/t20-,21+,22-/m0/s1. The predicted octanol–water partition coefficient (Wildman–Crippen LogP) is -1.85. The van der Waals surface area contributed by atoms with Crippen LogP contribution in [0.1, 0.15) is 31.7 Å². The third-order valence-corrected chi connectivity index (χ3v) is 5.26. The van der Waals surface area contributed by atoms with E-state index in [2.05, 4.69) is 34.1 Å². The molecule has 0 aliphatic carbocycles. The SMILES string of the molecule is C=CCOc1ccc(C[C@H](NC(C)=O)C(=O)N[C@@H](CCC[NH+]=C(N)N)C(=O)N[C@H](CC=C)C(=O)OC)cc1. The van der Waals surface area contributed by atoms with Gasteiger partial charge in [-0.25, -0.2) is 4.79 Å². The highest BCUT2D eigenvalue weighted by Crippen LogP contribution is 2.14. The van der Waals surface area contributed by atoms with Crippen LogP contribution in [0.3, 0.4) is 0 Å². The lowest BCUT2D eigenvalue weighted by molar-refractivity contribution is -0.459. The fourth-order valence-corrected chi connectivity index (χ4v) is 3.44. The molecule has 1 aromatic carbocycles. The summed E-state index contributed by atoms with van der Waals surface area (Å²) in [5.74, 6) is -1.55. The zero-order valence-corrected chi connectivity index (χ0v) is 22.0. The third-order valence-electron chi connectivity index (χ3n) is 5.26. The summed E-state index contributed by atoms with van der Waals surface area (Å²) in [5.41, 5.74) is 11.6. The van der Waals surface area contributed by atoms with Gasteiger partial charge in [-0.1, -0.05) is 30.9 Å². The first-order valence-electron chi connectivity index (χ1n) is 12.1. The molecule has 1 rings (SSSR count). The fraction of sp³-hybridized carbons (Fsp3) is 0.423. The van der Waals surface area contributed by atoms with Crippen molar-refractivity contribution in [3.8, 4) is 5.75 Å². The second-order valence-corrected chi connectivity index (χ2v) is 8.40. The molecule has 0 aromatic heterocycles. The molecule has 3 atom stereocenters. The summed E-state index contributed by atoms with van der Waals surface area (Å²) >= 11 is 0. The van der Waals surface area contributed by atoms with Crippen LogP contribution in [-0.4, -0.2) is 68.0 Å². The summed E-state index contributed by atoms with van der Waals surface area (Å²) in [4.78, 5) is 53.0. The van der Waals surface area contributed by atoms with Crippen LogP contribution in [0.25, 0.3) is 0 Å². The number of amides is 3. The molecule has 0 radical (unpaired) electrons. The van der Waals surface area contributed by atoms with Crippen LogP contribution in [0.15, 0.2) is 49.6 Å². The van der Waals surface area contributed by atoms with E-state index in [1.807, 2.05) is 0 Å². The number of carbonyl (C=O) groups excluding carboxylic acids is 4. The smallest absolute Gasteiger partial charge is 0.338 e. The normalized spacial score (nSPS) is 12.6. The molecule has 0 aliphatic rings. The molecule has 0 saturated heterocycles. The maximum absolute atomic E-state index is 13.2. The molecule has 0 saturated carbocycles. The van der Waals surface area contributed by atoms with E-state index in [-0.39, 0.29) is 25.2 Å². The van der Waals surface area contributed by atoms with E-state index >= 15 is 0 Å². The number of rotatable bonds is 17. The molecule has 38 heavy (non-hydrogen) atoms. The monoisotopic (exact) mass is 531 g/mol. The van der Waals surface area contributed by atoms with Gasteiger partial charge in [0.05, 0.1) is 13.7 Å². The quantitative estimate of drug-likeness (QED) is 0.0444. The van der Waals surface area contributed by atoms with Crippen molar-refractivity contribution in [3.05, 3.63) is 55.1 Å². The van der Waals surface area contributed by atoms with Gasteiger partial charge in [-0.2, -0.15) is 0 Å². The molecule has 0 bridgehead atoms.